The maximum Gasteiger partial charge on any atom is 0.193 e. The van der Waals surface area contributed by atoms with E-state index in [4.69, 9.17) is 5.73 Å². The summed E-state index contributed by atoms with van der Waals surface area (Å²) in [4.78, 5) is 13.6. The maximum absolute atomic E-state index is 5.96. The first-order valence-electron chi connectivity index (χ1n) is 8.21. The summed E-state index contributed by atoms with van der Waals surface area (Å²) in [5.74, 6) is 1.43. The second kappa shape index (κ2) is 9.57. The normalized spacial score (nSPS) is 15.6. The predicted molar refractivity (Wildman–Crippen MR) is 115 cm³/mol. The van der Waals surface area contributed by atoms with E-state index in [-0.39, 0.29) is 24.0 Å². The highest BCUT2D eigenvalue weighted by Gasteiger charge is 2.15. The van der Waals surface area contributed by atoms with Crippen LogP contribution in [-0.4, -0.2) is 49.1 Å². The Hall–Kier alpha value is -1.87. The highest BCUT2D eigenvalue weighted by Crippen LogP contribution is 2.15. The van der Waals surface area contributed by atoms with Gasteiger partial charge in [-0.05, 0) is 36.9 Å². The minimum absolute atomic E-state index is 0. The Morgan fingerprint density at radius 1 is 1.16 bits per heavy atom. The van der Waals surface area contributed by atoms with E-state index in [1.54, 1.807) is 0 Å². The number of aliphatic imine (C=N–C) groups is 1. The second-order valence-electron chi connectivity index (χ2n) is 6.01. The van der Waals surface area contributed by atoms with Crippen LogP contribution in [0.1, 0.15) is 5.56 Å². The molecule has 3 N–H and O–H groups in total. The third kappa shape index (κ3) is 5.86. The minimum Gasteiger partial charge on any atom is -0.370 e. The lowest BCUT2D eigenvalue weighted by molar-refractivity contribution is 0.312. The molecule has 1 saturated heterocycles. The number of pyridine rings is 1. The maximum atomic E-state index is 5.96. The number of guanidine groups is 1. The summed E-state index contributed by atoms with van der Waals surface area (Å²) in [6.45, 7) is 4.69. The van der Waals surface area contributed by atoms with Gasteiger partial charge < -0.3 is 20.9 Å². The van der Waals surface area contributed by atoms with Crippen LogP contribution in [0, 0.1) is 0 Å². The molecule has 0 unspecified atom stereocenters. The highest BCUT2D eigenvalue weighted by atomic mass is 127. The topological polar surface area (TPSA) is 69.8 Å². The van der Waals surface area contributed by atoms with Gasteiger partial charge in [-0.15, -0.1) is 24.0 Å². The van der Waals surface area contributed by atoms with Crippen molar-refractivity contribution in [3.63, 3.8) is 0 Å². The van der Waals surface area contributed by atoms with Gasteiger partial charge in [0.1, 0.15) is 5.82 Å². The molecule has 1 aromatic heterocycles. The molecule has 134 valence electrons. The first-order chi connectivity index (χ1) is 11.7. The Morgan fingerprint density at radius 3 is 2.60 bits per heavy atom. The molecule has 0 amide bonds. The van der Waals surface area contributed by atoms with Gasteiger partial charge in [0, 0.05) is 38.1 Å². The Labute approximate surface area is 166 Å². The van der Waals surface area contributed by atoms with Crippen molar-refractivity contribution in [2.75, 3.05) is 43.4 Å². The number of halogens is 1. The molecule has 3 rings (SSSR count). The number of benzene rings is 1. The minimum atomic E-state index is 0. The van der Waals surface area contributed by atoms with E-state index in [0.29, 0.717) is 12.5 Å². The lowest BCUT2D eigenvalue weighted by Crippen LogP contribution is -2.44. The van der Waals surface area contributed by atoms with Crippen LogP contribution in [0.25, 0.3) is 0 Å². The predicted octanol–water partition coefficient (Wildman–Crippen LogP) is 2.38. The molecule has 2 aromatic rings. The van der Waals surface area contributed by atoms with E-state index in [9.17, 15) is 0 Å². The Balaban J connectivity index is 0.00000225. The van der Waals surface area contributed by atoms with Crippen LogP contribution < -0.4 is 16.0 Å². The molecule has 0 saturated carbocycles. The fourth-order valence-corrected chi connectivity index (χ4v) is 2.65. The summed E-state index contributed by atoms with van der Waals surface area (Å²) in [5, 5.41) is 3.09. The smallest absolute Gasteiger partial charge is 0.193 e. The second-order valence-corrected chi connectivity index (χ2v) is 6.01. The standard InChI is InChI=1S/C18H24N6.HI/c1-23-9-11-24(12-10-23)17-13-15(7-8-20-17)14-21-18(19)22-16-5-3-2-4-6-16;/h2-8,13H,9-12,14H2,1H3,(H3,19,21,22);1H. The summed E-state index contributed by atoms with van der Waals surface area (Å²) in [6.07, 6.45) is 1.85. The first kappa shape index (κ1) is 19.5. The fourth-order valence-electron chi connectivity index (χ4n) is 2.65. The molecule has 1 fully saturated rings. The summed E-state index contributed by atoms with van der Waals surface area (Å²) in [5.41, 5.74) is 8.00. The number of nitrogens with zero attached hydrogens (tertiary/aromatic N) is 4. The quantitative estimate of drug-likeness (QED) is 0.424. The van der Waals surface area contributed by atoms with E-state index >= 15 is 0 Å². The zero-order chi connectivity index (χ0) is 16.8. The van der Waals surface area contributed by atoms with Gasteiger partial charge in [0.25, 0.3) is 0 Å². The van der Waals surface area contributed by atoms with Gasteiger partial charge >= 0.3 is 0 Å². The van der Waals surface area contributed by atoms with Crippen LogP contribution in [0.5, 0.6) is 0 Å². The van der Waals surface area contributed by atoms with Crippen molar-refractivity contribution in [3.05, 3.63) is 54.2 Å². The number of aromatic nitrogens is 1. The Morgan fingerprint density at radius 2 is 1.88 bits per heavy atom. The molecular formula is C18H25IN6. The van der Waals surface area contributed by atoms with Gasteiger partial charge in [-0.25, -0.2) is 9.98 Å². The number of piperazine rings is 1. The van der Waals surface area contributed by atoms with Crippen molar-refractivity contribution in [1.29, 1.82) is 0 Å². The number of nitrogens with one attached hydrogen (secondary N) is 1. The number of rotatable bonds is 4. The van der Waals surface area contributed by atoms with Crippen molar-refractivity contribution in [1.82, 2.24) is 9.88 Å². The van der Waals surface area contributed by atoms with Crippen LogP contribution in [0.2, 0.25) is 0 Å². The fraction of sp³-hybridized carbons (Fsp3) is 0.333. The Kier molecular flexibility index (Phi) is 7.45. The highest BCUT2D eigenvalue weighted by molar-refractivity contribution is 14.0. The average molecular weight is 452 g/mol. The van der Waals surface area contributed by atoms with Crippen molar-refractivity contribution in [3.8, 4) is 0 Å². The van der Waals surface area contributed by atoms with Gasteiger partial charge in [0.15, 0.2) is 5.96 Å². The Bertz CT molecular complexity index is 683. The van der Waals surface area contributed by atoms with E-state index in [0.717, 1.165) is 43.2 Å². The summed E-state index contributed by atoms with van der Waals surface area (Å²) in [7, 11) is 2.15. The SMILES string of the molecule is CN1CCN(c2cc(CN=C(N)Nc3ccccc3)ccn2)CC1.I. The molecule has 25 heavy (non-hydrogen) atoms. The van der Waals surface area contributed by atoms with Gasteiger partial charge in [-0.1, -0.05) is 18.2 Å². The molecule has 1 aromatic carbocycles. The zero-order valence-electron chi connectivity index (χ0n) is 14.4. The molecule has 2 heterocycles. The molecular weight excluding hydrogens is 427 g/mol. The van der Waals surface area contributed by atoms with Gasteiger partial charge in [0.05, 0.1) is 6.54 Å². The van der Waals surface area contributed by atoms with Gasteiger partial charge in [-0.3, -0.25) is 0 Å². The average Bonchev–Trinajstić information content (AvgIpc) is 2.62. The molecule has 0 atom stereocenters. The molecule has 1 aliphatic rings. The summed E-state index contributed by atoms with van der Waals surface area (Å²) < 4.78 is 0. The van der Waals surface area contributed by atoms with E-state index in [1.807, 2.05) is 42.6 Å². The van der Waals surface area contributed by atoms with E-state index in [2.05, 4.69) is 38.2 Å². The lowest BCUT2D eigenvalue weighted by Gasteiger charge is -2.33. The largest absolute Gasteiger partial charge is 0.370 e. The van der Waals surface area contributed by atoms with Crippen molar-refractivity contribution in [2.45, 2.75) is 6.54 Å². The van der Waals surface area contributed by atoms with Crippen LogP contribution in [0.4, 0.5) is 11.5 Å². The first-order valence-corrected chi connectivity index (χ1v) is 8.21. The number of para-hydroxylation sites is 1. The molecule has 0 radical (unpaired) electrons. The van der Waals surface area contributed by atoms with E-state index < -0.39 is 0 Å². The third-order valence-corrected chi connectivity index (χ3v) is 4.12. The van der Waals surface area contributed by atoms with Crippen molar-refractivity contribution in [2.24, 2.45) is 10.7 Å². The van der Waals surface area contributed by atoms with E-state index in [1.165, 1.54) is 0 Å². The number of hydrogen-bond donors (Lipinski definition) is 2. The molecule has 0 spiro atoms. The summed E-state index contributed by atoms with van der Waals surface area (Å²) in [6, 6.07) is 13.9. The third-order valence-electron chi connectivity index (χ3n) is 4.12. The monoisotopic (exact) mass is 452 g/mol. The molecule has 7 heteroatoms. The molecule has 1 aliphatic heterocycles. The van der Waals surface area contributed by atoms with Crippen molar-refractivity contribution >= 4 is 41.4 Å². The van der Waals surface area contributed by atoms with Crippen LogP contribution in [-0.2, 0) is 6.54 Å². The van der Waals surface area contributed by atoms with Crippen molar-refractivity contribution < 1.29 is 0 Å². The number of anilines is 2. The number of nitrogens with two attached hydrogens (primary N) is 1. The molecule has 0 bridgehead atoms. The molecule has 0 aliphatic carbocycles. The lowest BCUT2D eigenvalue weighted by atomic mass is 10.2. The summed E-state index contributed by atoms with van der Waals surface area (Å²) >= 11 is 0. The van der Waals surface area contributed by atoms with Gasteiger partial charge in [0.2, 0.25) is 0 Å². The zero-order valence-corrected chi connectivity index (χ0v) is 16.8. The number of likely N-dealkylation sites (N-methyl/N-ethyl adjacent to an activating group) is 1. The molecule has 6 nitrogen and oxygen atoms in total. The van der Waals surface area contributed by atoms with Gasteiger partial charge in [-0.2, -0.15) is 0 Å². The van der Waals surface area contributed by atoms with Crippen LogP contribution in [0.15, 0.2) is 53.7 Å². The number of hydrogen-bond acceptors (Lipinski definition) is 4. The van der Waals surface area contributed by atoms with Crippen LogP contribution in [0.3, 0.4) is 0 Å². The van der Waals surface area contributed by atoms with Crippen LogP contribution >= 0.6 is 24.0 Å².